The van der Waals surface area contributed by atoms with Crippen molar-refractivity contribution in [3.63, 3.8) is 0 Å². The molecule has 0 aromatic heterocycles. The number of nitrogens with one attached hydrogen (secondary N) is 1. The summed E-state index contributed by atoms with van der Waals surface area (Å²) < 4.78 is 0. The van der Waals surface area contributed by atoms with Gasteiger partial charge in [0.2, 0.25) is 11.8 Å². The summed E-state index contributed by atoms with van der Waals surface area (Å²) in [6.07, 6.45) is 5.06. The molecule has 0 heterocycles. The monoisotopic (exact) mass is 307 g/mol. The predicted molar refractivity (Wildman–Crippen MR) is 85.0 cm³/mol. The first-order chi connectivity index (χ1) is 10.0. The Balaban J connectivity index is 1.86. The maximum Gasteiger partial charge on any atom is 0.241 e. The molecular weight excluding hydrogens is 286 g/mol. The van der Waals surface area contributed by atoms with Crippen LogP contribution in [0.5, 0.6) is 0 Å². The van der Waals surface area contributed by atoms with Gasteiger partial charge < -0.3 is 16.8 Å². The number of amides is 2. The van der Waals surface area contributed by atoms with Crippen LogP contribution in [0, 0.1) is 0 Å². The van der Waals surface area contributed by atoms with Gasteiger partial charge in [0.05, 0.1) is 12.5 Å². The van der Waals surface area contributed by atoms with Gasteiger partial charge in [-0.05, 0) is 37.1 Å². The van der Waals surface area contributed by atoms with Gasteiger partial charge in [0.15, 0.2) is 0 Å². The number of carbonyl (C=O) groups excluding carboxylic acids is 2. The fourth-order valence-corrected chi connectivity index (χ4v) is 3.61. The van der Waals surface area contributed by atoms with Gasteiger partial charge in [-0.2, -0.15) is 0 Å². The number of rotatable bonds is 6. The van der Waals surface area contributed by atoms with E-state index in [0.29, 0.717) is 5.69 Å². The average Bonchev–Trinajstić information content (AvgIpc) is 2.93. The maximum atomic E-state index is 11.8. The number of hydrogen-bond acceptors (Lipinski definition) is 4. The lowest BCUT2D eigenvalue weighted by Gasteiger charge is -2.12. The molecule has 1 aliphatic rings. The van der Waals surface area contributed by atoms with Crippen molar-refractivity contribution in [2.45, 2.75) is 48.3 Å². The second-order valence-corrected chi connectivity index (χ2v) is 6.69. The lowest BCUT2D eigenvalue weighted by Crippen LogP contribution is -2.38. The lowest BCUT2D eigenvalue weighted by molar-refractivity contribution is -0.123. The molecule has 1 aliphatic carbocycles. The first-order valence-corrected chi connectivity index (χ1v) is 8.04. The highest BCUT2D eigenvalue weighted by Gasteiger charge is 2.17. The Bertz CT molecular complexity index is 498. The molecule has 1 fully saturated rings. The van der Waals surface area contributed by atoms with E-state index >= 15 is 0 Å². The predicted octanol–water partition coefficient (Wildman–Crippen LogP) is 1.86. The fourth-order valence-electron chi connectivity index (χ4n) is 2.36. The molecule has 5 N–H and O–H groups in total. The Hall–Kier alpha value is -1.53. The minimum absolute atomic E-state index is 0.151. The van der Waals surface area contributed by atoms with Crippen molar-refractivity contribution in [3.8, 4) is 0 Å². The first-order valence-electron chi connectivity index (χ1n) is 7.16. The van der Waals surface area contributed by atoms with Crippen molar-refractivity contribution in [1.82, 2.24) is 0 Å². The highest BCUT2D eigenvalue weighted by molar-refractivity contribution is 8.00. The highest BCUT2D eigenvalue weighted by Crippen LogP contribution is 2.34. The summed E-state index contributed by atoms with van der Waals surface area (Å²) in [5.74, 6) is -0.981. The Morgan fingerprint density at radius 1 is 1.24 bits per heavy atom. The van der Waals surface area contributed by atoms with Gasteiger partial charge in [-0.1, -0.05) is 12.8 Å². The Kier molecular flexibility index (Phi) is 5.64. The highest BCUT2D eigenvalue weighted by atomic mass is 32.2. The van der Waals surface area contributed by atoms with Gasteiger partial charge in [-0.15, -0.1) is 11.8 Å². The van der Waals surface area contributed by atoms with E-state index in [9.17, 15) is 9.59 Å². The molecule has 0 saturated heterocycles. The second kappa shape index (κ2) is 7.47. The van der Waals surface area contributed by atoms with Gasteiger partial charge in [0.1, 0.15) is 0 Å². The number of nitrogens with two attached hydrogens (primary N) is 2. The van der Waals surface area contributed by atoms with Gasteiger partial charge in [-0.3, -0.25) is 9.59 Å². The van der Waals surface area contributed by atoms with Crippen molar-refractivity contribution < 1.29 is 9.59 Å². The summed E-state index contributed by atoms with van der Waals surface area (Å²) >= 11 is 1.89. The number of carbonyl (C=O) groups is 2. The van der Waals surface area contributed by atoms with Gasteiger partial charge in [0, 0.05) is 15.8 Å². The van der Waals surface area contributed by atoms with Crippen LogP contribution in [0.1, 0.15) is 32.1 Å². The Labute approximate surface area is 128 Å². The summed E-state index contributed by atoms with van der Waals surface area (Å²) in [5.41, 5.74) is 11.3. The molecule has 0 aliphatic heterocycles. The van der Waals surface area contributed by atoms with Crippen molar-refractivity contribution in [3.05, 3.63) is 24.3 Å². The summed E-state index contributed by atoms with van der Waals surface area (Å²) in [7, 11) is 0. The number of primary amides is 1. The molecule has 1 atom stereocenters. The van der Waals surface area contributed by atoms with E-state index in [2.05, 4.69) is 5.32 Å². The molecule has 2 rings (SSSR count). The van der Waals surface area contributed by atoms with Crippen LogP contribution in [0.2, 0.25) is 0 Å². The molecule has 2 amide bonds. The van der Waals surface area contributed by atoms with E-state index < -0.39 is 17.9 Å². The first kappa shape index (κ1) is 15.9. The van der Waals surface area contributed by atoms with Crippen molar-refractivity contribution in [2.24, 2.45) is 11.5 Å². The van der Waals surface area contributed by atoms with Crippen LogP contribution < -0.4 is 16.8 Å². The number of thioether (sulfide) groups is 1. The zero-order valence-electron chi connectivity index (χ0n) is 11.9. The van der Waals surface area contributed by atoms with Gasteiger partial charge in [0.25, 0.3) is 0 Å². The third-order valence-corrected chi connectivity index (χ3v) is 4.83. The van der Waals surface area contributed by atoms with E-state index in [-0.39, 0.29) is 6.42 Å². The molecule has 21 heavy (non-hydrogen) atoms. The van der Waals surface area contributed by atoms with Gasteiger partial charge in [-0.25, -0.2) is 0 Å². The molecule has 114 valence electrons. The number of hydrogen-bond donors (Lipinski definition) is 3. The largest absolute Gasteiger partial charge is 0.370 e. The van der Waals surface area contributed by atoms with Crippen LogP contribution in [0.25, 0.3) is 0 Å². The Morgan fingerprint density at radius 2 is 1.86 bits per heavy atom. The molecule has 1 saturated carbocycles. The third kappa shape index (κ3) is 5.06. The topological polar surface area (TPSA) is 98.2 Å². The van der Waals surface area contributed by atoms with Crippen molar-refractivity contribution in [1.29, 1.82) is 0 Å². The van der Waals surface area contributed by atoms with Crippen LogP contribution >= 0.6 is 11.8 Å². The third-order valence-electron chi connectivity index (χ3n) is 3.48. The van der Waals surface area contributed by atoms with E-state index in [1.54, 1.807) is 0 Å². The van der Waals surface area contributed by atoms with E-state index in [0.717, 1.165) is 5.25 Å². The molecule has 0 bridgehead atoms. The molecule has 0 radical (unpaired) electrons. The summed E-state index contributed by atoms with van der Waals surface area (Å²) in [5, 5.41) is 3.40. The number of anilines is 1. The molecule has 1 aromatic rings. The van der Waals surface area contributed by atoms with Crippen LogP contribution in [0.15, 0.2) is 29.2 Å². The molecule has 1 aromatic carbocycles. The second-order valence-electron chi connectivity index (χ2n) is 5.31. The van der Waals surface area contributed by atoms with Gasteiger partial charge >= 0.3 is 0 Å². The minimum Gasteiger partial charge on any atom is -0.370 e. The van der Waals surface area contributed by atoms with Crippen molar-refractivity contribution in [2.75, 3.05) is 5.32 Å². The van der Waals surface area contributed by atoms with Crippen LogP contribution in [-0.4, -0.2) is 23.1 Å². The summed E-state index contributed by atoms with van der Waals surface area (Å²) in [6, 6.07) is 6.80. The lowest BCUT2D eigenvalue weighted by atomic mass is 10.2. The maximum absolute atomic E-state index is 11.8. The van der Waals surface area contributed by atoms with Crippen LogP contribution in [-0.2, 0) is 9.59 Å². The molecular formula is C15H21N3O2S. The summed E-state index contributed by atoms with van der Waals surface area (Å²) in [6.45, 7) is 0. The minimum atomic E-state index is -0.907. The molecule has 0 spiro atoms. The normalized spacial score (nSPS) is 16.6. The average molecular weight is 307 g/mol. The molecule has 5 nitrogen and oxygen atoms in total. The van der Waals surface area contributed by atoms with E-state index in [1.165, 1.54) is 30.6 Å². The molecule has 1 unspecified atom stereocenters. The van der Waals surface area contributed by atoms with Crippen LogP contribution in [0.3, 0.4) is 0 Å². The summed E-state index contributed by atoms with van der Waals surface area (Å²) in [4.78, 5) is 23.7. The fraction of sp³-hybridized carbons (Fsp3) is 0.467. The van der Waals surface area contributed by atoms with E-state index in [1.807, 2.05) is 36.0 Å². The molecule has 6 heteroatoms. The van der Waals surface area contributed by atoms with E-state index in [4.69, 9.17) is 11.5 Å². The Morgan fingerprint density at radius 3 is 2.43 bits per heavy atom. The van der Waals surface area contributed by atoms with Crippen LogP contribution in [0.4, 0.5) is 5.69 Å². The SMILES string of the molecule is NC(=O)CC(N)C(=O)Nc1ccc(SC2CCCC2)cc1. The van der Waals surface area contributed by atoms with Crippen molar-refractivity contribution >= 4 is 29.3 Å². The zero-order valence-corrected chi connectivity index (χ0v) is 12.7. The standard InChI is InChI=1S/C15H21N3O2S/c16-13(9-14(17)19)15(20)18-10-5-7-12(8-6-10)21-11-3-1-2-4-11/h5-8,11,13H,1-4,9,16H2,(H2,17,19)(H,18,20). The quantitative estimate of drug-likeness (QED) is 0.747. The zero-order chi connectivity index (χ0) is 15.2. The number of benzene rings is 1. The smallest absolute Gasteiger partial charge is 0.241 e.